The molecule has 25 heavy (non-hydrogen) atoms. The molecule has 0 bridgehead atoms. The number of rotatable bonds is 5. The number of carbonyl (C=O) groups is 3. The molecule has 10 heteroatoms. The molecule has 0 atom stereocenters. The van der Waals surface area contributed by atoms with Crippen molar-refractivity contribution in [3.8, 4) is 11.5 Å². The Hall–Kier alpha value is -2.68. The summed E-state index contributed by atoms with van der Waals surface area (Å²) in [5, 5.41) is 2.70. The number of urea groups is 1. The van der Waals surface area contributed by atoms with Crippen molar-refractivity contribution in [3.63, 3.8) is 0 Å². The minimum atomic E-state index is -0.333. The van der Waals surface area contributed by atoms with Gasteiger partial charge in [-0.2, -0.15) is 0 Å². The van der Waals surface area contributed by atoms with Crippen LogP contribution in [0.1, 0.15) is 12.8 Å². The topological polar surface area (TPSA) is 114 Å². The van der Waals surface area contributed by atoms with Gasteiger partial charge in [0.15, 0.2) is 11.5 Å². The van der Waals surface area contributed by atoms with Gasteiger partial charge in [-0.15, -0.1) is 12.4 Å². The highest BCUT2D eigenvalue weighted by atomic mass is 35.5. The van der Waals surface area contributed by atoms with E-state index in [1.165, 1.54) is 4.90 Å². The normalized spacial score (nSPS) is 15.4. The van der Waals surface area contributed by atoms with Crippen LogP contribution in [0.15, 0.2) is 12.1 Å². The molecule has 1 aromatic rings. The lowest BCUT2D eigenvalue weighted by atomic mass is 10.2. The second kappa shape index (κ2) is 7.47. The summed E-state index contributed by atoms with van der Waals surface area (Å²) in [5.41, 5.74) is 6.68. The van der Waals surface area contributed by atoms with Gasteiger partial charge < -0.3 is 25.4 Å². The monoisotopic (exact) mass is 370 g/mol. The van der Waals surface area contributed by atoms with Gasteiger partial charge in [0.2, 0.25) is 18.6 Å². The van der Waals surface area contributed by atoms with Gasteiger partial charge in [0, 0.05) is 32.1 Å². The van der Waals surface area contributed by atoms with Crippen molar-refractivity contribution in [1.29, 1.82) is 0 Å². The Morgan fingerprint density at radius 2 is 1.96 bits per heavy atom. The second-order valence-electron chi connectivity index (χ2n) is 5.63. The molecule has 2 aliphatic rings. The number of nitrogens with two attached hydrogens (primary N) is 1. The van der Waals surface area contributed by atoms with E-state index < -0.39 is 0 Å². The Bertz CT molecular complexity index is 711. The van der Waals surface area contributed by atoms with Crippen molar-refractivity contribution in [3.05, 3.63) is 12.1 Å². The third kappa shape index (κ3) is 3.87. The Labute approximate surface area is 150 Å². The average molecular weight is 371 g/mol. The van der Waals surface area contributed by atoms with Crippen LogP contribution in [0.5, 0.6) is 11.5 Å². The molecule has 0 spiro atoms. The number of halogens is 1. The molecular formula is C15H19ClN4O5. The number of hydrogen-bond acceptors (Lipinski definition) is 6. The first-order chi connectivity index (χ1) is 11.5. The zero-order valence-corrected chi connectivity index (χ0v) is 14.4. The highest BCUT2D eigenvalue weighted by Gasteiger charge is 2.32. The fraction of sp³-hybridized carbons (Fsp3) is 0.400. The highest BCUT2D eigenvalue weighted by Crippen LogP contribution is 2.38. The van der Waals surface area contributed by atoms with Crippen molar-refractivity contribution < 1.29 is 23.9 Å². The largest absolute Gasteiger partial charge is 0.454 e. The average Bonchev–Trinajstić information content (AvgIpc) is 3.06. The fourth-order valence-corrected chi connectivity index (χ4v) is 2.57. The first-order valence-corrected chi connectivity index (χ1v) is 7.50. The van der Waals surface area contributed by atoms with E-state index in [-0.39, 0.29) is 56.6 Å². The lowest BCUT2D eigenvalue weighted by Crippen LogP contribution is -2.32. The zero-order valence-electron chi connectivity index (χ0n) is 13.6. The van der Waals surface area contributed by atoms with Crippen LogP contribution in [0.4, 0.5) is 16.2 Å². The lowest BCUT2D eigenvalue weighted by molar-refractivity contribution is -0.125. The van der Waals surface area contributed by atoms with E-state index in [1.807, 2.05) is 0 Å². The smallest absolute Gasteiger partial charge is 0.326 e. The molecule has 3 rings (SSSR count). The maximum Gasteiger partial charge on any atom is 0.326 e. The predicted molar refractivity (Wildman–Crippen MR) is 91.8 cm³/mol. The van der Waals surface area contributed by atoms with Gasteiger partial charge in [0.1, 0.15) is 6.54 Å². The molecule has 2 aliphatic heterocycles. The van der Waals surface area contributed by atoms with Crippen LogP contribution in [-0.4, -0.2) is 54.6 Å². The van der Waals surface area contributed by atoms with Crippen molar-refractivity contribution in [1.82, 2.24) is 9.80 Å². The molecule has 0 saturated carbocycles. The molecular weight excluding hydrogens is 352 g/mol. The summed E-state index contributed by atoms with van der Waals surface area (Å²) in [7, 11) is 1.56. The van der Waals surface area contributed by atoms with Crippen LogP contribution < -0.4 is 20.5 Å². The van der Waals surface area contributed by atoms with Gasteiger partial charge in [-0.25, -0.2) is 4.79 Å². The molecule has 136 valence electrons. The third-order valence-corrected chi connectivity index (χ3v) is 3.84. The van der Waals surface area contributed by atoms with Crippen molar-refractivity contribution in [2.45, 2.75) is 12.8 Å². The van der Waals surface area contributed by atoms with E-state index in [0.29, 0.717) is 29.3 Å². The van der Waals surface area contributed by atoms with Gasteiger partial charge >= 0.3 is 6.03 Å². The molecule has 0 aliphatic carbocycles. The van der Waals surface area contributed by atoms with E-state index in [0.717, 1.165) is 4.90 Å². The molecule has 2 heterocycles. The van der Waals surface area contributed by atoms with E-state index in [4.69, 9.17) is 15.2 Å². The van der Waals surface area contributed by atoms with E-state index >= 15 is 0 Å². The number of likely N-dealkylation sites (N-methyl/N-ethyl adjacent to an activating group) is 1. The van der Waals surface area contributed by atoms with Gasteiger partial charge in [0.05, 0.1) is 11.4 Å². The van der Waals surface area contributed by atoms with Crippen molar-refractivity contribution >= 4 is 41.6 Å². The maximum absolute atomic E-state index is 12.0. The van der Waals surface area contributed by atoms with Gasteiger partial charge in [-0.3, -0.25) is 14.5 Å². The predicted octanol–water partition coefficient (Wildman–Crippen LogP) is 1.03. The molecule has 9 nitrogen and oxygen atoms in total. The molecule has 3 N–H and O–H groups in total. The number of hydrogen-bond donors (Lipinski definition) is 2. The fourth-order valence-electron chi connectivity index (χ4n) is 2.57. The summed E-state index contributed by atoms with van der Waals surface area (Å²) < 4.78 is 10.4. The molecule has 1 fully saturated rings. The summed E-state index contributed by atoms with van der Waals surface area (Å²) in [6.45, 7) is 0.420. The number of carbonyl (C=O) groups excluding carboxylic acids is 3. The summed E-state index contributed by atoms with van der Waals surface area (Å²) in [6.07, 6.45) is 0.538. The van der Waals surface area contributed by atoms with Gasteiger partial charge in [-0.05, 0) is 6.42 Å². The van der Waals surface area contributed by atoms with Crippen LogP contribution in [0.25, 0.3) is 0 Å². The van der Waals surface area contributed by atoms with E-state index in [1.54, 1.807) is 19.2 Å². The Kier molecular flexibility index (Phi) is 5.58. The Balaban J connectivity index is 0.00000225. The number of imide groups is 1. The van der Waals surface area contributed by atoms with E-state index in [9.17, 15) is 14.4 Å². The number of nitrogens with one attached hydrogen (secondary N) is 1. The van der Waals surface area contributed by atoms with E-state index in [2.05, 4.69) is 5.32 Å². The number of ether oxygens (including phenoxy) is 2. The van der Waals surface area contributed by atoms with Gasteiger partial charge in [0.25, 0.3) is 0 Å². The summed E-state index contributed by atoms with van der Waals surface area (Å²) in [5.74, 6) is 0.562. The minimum Gasteiger partial charge on any atom is -0.454 e. The Morgan fingerprint density at radius 1 is 1.28 bits per heavy atom. The van der Waals surface area contributed by atoms with Crippen LogP contribution in [0.2, 0.25) is 0 Å². The SMILES string of the molecule is CN1CC(=O)N(CCCC(=O)Nc2cc3c(cc2N)OCO3)C1=O.Cl. The number of nitrogen functional groups attached to an aromatic ring is 1. The Morgan fingerprint density at radius 3 is 2.60 bits per heavy atom. The van der Waals surface area contributed by atoms with Crippen LogP contribution >= 0.6 is 12.4 Å². The number of benzene rings is 1. The van der Waals surface area contributed by atoms with Crippen molar-refractivity contribution in [2.75, 3.05) is 38.0 Å². The van der Waals surface area contributed by atoms with Gasteiger partial charge in [-0.1, -0.05) is 0 Å². The molecule has 0 aromatic heterocycles. The first-order valence-electron chi connectivity index (χ1n) is 7.50. The number of fused-ring (bicyclic) bond motifs is 1. The summed E-state index contributed by atoms with van der Waals surface area (Å²) in [4.78, 5) is 37.9. The van der Waals surface area contributed by atoms with Crippen LogP contribution in [0.3, 0.4) is 0 Å². The molecule has 1 saturated heterocycles. The van der Waals surface area contributed by atoms with Crippen LogP contribution in [0, 0.1) is 0 Å². The summed E-state index contributed by atoms with van der Waals surface area (Å²) >= 11 is 0. The zero-order chi connectivity index (χ0) is 17.3. The highest BCUT2D eigenvalue weighted by molar-refractivity contribution is 6.02. The first kappa shape index (κ1) is 18.7. The standard InChI is InChI=1S/C15H18N4O5.ClH/c1-18-7-14(21)19(15(18)22)4-2-3-13(20)17-10-6-12-11(5-9(10)16)23-8-24-12;/h5-6H,2-4,7-8,16H2,1H3,(H,17,20);1H. The maximum atomic E-state index is 12.0. The molecule has 4 amide bonds. The number of nitrogens with zero attached hydrogens (tertiary/aromatic N) is 2. The molecule has 0 unspecified atom stereocenters. The quantitative estimate of drug-likeness (QED) is 0.591. The third-order valence-electron chi connectivity index (χ3n) is 3.84. The van der Waals surface area contributed by atoms with Crippen molar-refractivity contribution in [2.24, 2.45) is 0 Å². The summed E-state index contributed by atoms with van der Waals surface area (Å²) in [6, 6.07) is 2.87. The molecule has 0 radical (unpaired) electrons. The molecule has 1 aromatic carbocycles. The number of amides is 4. The second-order valence-corrected chi connectivity index (χ2v) is 5.63. The number of anilines is 2. The lowest BCUT2D eigenvalue weighted by Gasteiger charge is -2.14. The van der Waals surface area contributed by atoms with Crippen LogP contribution in [-0.2, 0) is 9.59 Å². The minimum absolute atomic E-state index is 0.